The normalized spacial score (nSPS) is 10.1. The maximum absolute atomic E-state index is 12.6. The summed E-state index contributed by atoms with van der Waals surface area (Å²) >= 11 is 0. The third-order valence-electron chi connectivity index (χ3n) is 3.25. The van der Waals surface area contributed by atoms with Crippen molar-refractivity contribution in [3.63, 3.8) is 0 Å². The zero-order valence-electron chi connectivity index (χ0n) is 12.7. The Morgan fingerprint density at radius 1 is 1.00 bits per heavy atom. The maximum Gasteiger partial charge on any atom is 0.310 e. The third-order valence-corrected chi connectivity index (χ3v) is 3.25. The van der Waals surface area contributed by atoms with Gasteiger partial charge >= 0.3 is 5.97 Å². The molecule has 0 aromatic heterocycles. The minimum Gasteiger partial charge on any atom is -0.497 e. The highest BCUT2D eigenvalue weighted by Gasteiger charge is 2.15. The molecule has 4 nitrogen and oxygen atoms in total. The van der Waals surface area contributed by atoms with Gasteiger partial charge in [-0.25, -0.2) is 0 Å². The Morgan fingerprint density at radius 3 is 2.32 bits per heavy atom. The van der Waals surface area contributed by atoms with Gasteiger partial charge in [0.1, 0.15) is 5.75 Å². The van der Waals surface area contributed by atoms with Crippen molar-refractivity contribution in [1.29, 1.82) is 0 Å². The summed E-state index contributed by atoms with van der Waals surface area (Å²) in [6.45, 7) is 2.08. The van der Waals surface area contributed by atoms with E-state index in [2.05, 4.69) is 0 Å². The second kappa shape index (κ2) is 7.41. The van der Waals surface area contributed by atoms with E-state index in [1.165, 1.54) is 0 Å². The fourth-order valence-corrected chi connectivity index (χ4v) is 2.16. The van der Waals surface area contributed by atoms with Crippen LogP contribution in [0.25, 0.3) is 0 Å². The molecule has 0 bridgehead atoms. The lowest BCUT2D eigenvalue weighted by Crippen LogP contribution is -2.12. The zero-order valence-corrected chi connectivity index (χ0v) is 12.7. The fourth-order valence-electron chi connectivity index (χ4n) is 2.16. The highest BCUT2D eigenvalue weighted by atomic mass is 16.5. The van der Waals surface area contributed by atoms with E-state index in [1.54, 1.807) is 62.6 Å². The lowest BCUT2D eigenvalue weighted by atomic mass is 9.96. The quantitative estimate of drug-likeness (QED) is 0.607. The minimum absolute atomic E-state index is 0.0892. The molecule has 4 heteroatoms. The van der Waals surface area contributed by atoms with Gasteiger partial charge in [0, 0.05) is 11.1 Å². The van der Waals surface area contributed by atoms with Crippen LogP contribution < -0.4 is 4.74 Å². The number of rotatable bonds is 6. The molecule has 2 aromatic carbocycles. The van der Waals surface area contributed by atoms with Crippen molar-refractivity contribution in [2.75, 3.05) is 13.7 Å². The second-order valence-corrected chi connectivity index (χ2v) is 4.70. The van der Waals surface area contributed by atoms with Crippen LogP contribution in [0.4, 0.5) is 0 Å². The van der Waals surface area contributed by atoms with Crippen molar-refractivity contribution >= 4 is 11.8 Å². The van der Waals surface area contributed by atoms with Gasteiger partial charge in [0.2, 0.25) is 0 Å². The van der Waals surface area contributed by atoms with Crippen LogP contribution in [-0.4, -0.2) is 25.5 Å². The molecule has 0 radical (unpaired) electrons. The molecule has 0 unspecified atom stereocenters. The average Bonchev–Trinajstić information content (AvgIpc) is 2.55. The molecule has 22 heavy (non-hydrogen) atoms. The first kappa shape index (κ1) is 15.8. The Labute approximate surface area is 129 Å². The number of hydrogen-bond donors (Lipinski definition) is 0. The highest BCUT2D eigenvalue weighted by molar-refractivity contribution is 6.10. The topological polar surface area (TPSA) is 52.6 Å². The molecule has 0 saturated carbocycles. The first-order valence-corrected chi connectivity index (χ1v) is 7.08. The molecular formula is C18H18O4. The van der Waals surface area contributed by atoms with E-state index < -0.39 is 0 Å². The molecule has 0 amide bonds. The number of methoxy groups -OCH3 is 1. The van der Waals surface area contributed by atoms with Crippen molar-refractivity contribution in [1.82, 2.24) is 0 Å². The summed E-state index contributed by atoms with van der Waals surface area (Å²) in [4.78, 5) is 24.3. The summed E-state index contributed by atoms with van der Waals surface area (Å²) in [6.07, 6.45) is 0.0892. The van der Waals surface area contributed by atoms with E-state index in [9.17, 15) is 9.59 Å². The fraction of sp³-hybridized carbons (Fsp3) is 0.222. The predicted molar refractivity (Wildman–Crippen MR) is 83.2 cm³/mol. The zero-order chi connectivity index (χ0) is 15.9. The van der Waals surface area contributed by atoms with Crippen LogP contribution in [0.3, 0.4) is 0 Å². The lowest BCUT2D eigenvalue weighted by molar-refractivity contribution is -0.142. The Morgan fingerprint density at radius 2 is 1.68 bits per heavy atom. The molecule has 0 aliphatic rings. The minimum atomic E-state index is -0.336. The number of esters is 1. The molecule has 2 aromatic rings. The Hall–Kier alpha value is -2.62. The van der Waals surface area contributed by atoms with Crippen LogP contribution in [0.2, 0.25) is 0 Å². The Balaban J connectivity index is 2.27. The van der Waals surface area contributed by atoms with Gasteiger partial charge in [0.15, 0.2) is 5.78 Å². The van der Waals surface area contributed by atoms with Gasteiger partial charge in [-0.15, -0.1) is 0 Å². The van der Waals surface area contributed by atoms with Gasteiger partial charge in [-0.2, -0.15) is 0 Å². The molecule has 0 saturated heterocycles. The predicted octanol–water partition coefficient (Wildman–Crippen LogP) is 3.03. The van der Waals surface area contributed by atoms with E-state index in [0.717, 1.165) is 0 Å². The van der Waals surface area contributed by atoms with Crippen LogP contribution >= 0.6 is 0 Å². The van der Waals surface area contributed by atoms with E-state index in [1.807, 2.05) is 0 Å². The summed E-state index contributed by atoms with van der Waals surface area (Å²) in [6, 6.07) is 14.0. The molecule has 0 atom stereocenters. The summed E-state index contributed by atoms with van der Waals surface area (Å²) < 4.78 is 10.0. The Bertz CT molecular complexity index is 659. The molecule has 0 aliphatic carbocycles. The smallest absolute Gasteiger partial charge is 0.310 e. The molecule has 0 heterocycles. The average molecular weight is 298 g/mol. The first-order chi connectivity index (χ1) is 10.7. The number of carbonyl (C=O) groups excluding carboxylic acids is 2. The van der Waals surface area contributed by atoms with Crippen molar-refractivity contribution in [2.24, 2.45) is 0 Å². The maximum atomic E-state index is 12.6. The van der Waals surface area contributed by atoms with Gasteiger partial charge in [-0.1, -0.05) is 24.3 Å². The molecule has 114 valence electrons. The van der Waals surface area contributed by atoms with Gasteiger partial charge in [0.05, 0.1) is 20.1 Å². The third kappa shape index (κ3) is 3.73. The summed E-state index contributed by atoms with van der Waals surface area (Å²) in [5.74, 6) is 0.233. The van der Waals surface area contributed by atoms with Gasteiger partial charge in [0.25, 0.3) is 0 Å². The molecule has 0 fully saturated rings. The van der Waals surface area contributed by atoms with E-state index in [4.69, 9.17) is 9.47 Å². The van der Waals surface area contributed by atoms with E-state index in [0.29, 0.717) is 29.0 Å². The second-order valence-electron chi connectivity index (χ2n) is 4.70. The molecule has 0 aliphatic heterocycles. The summed E-state index contributed by atoms with van der Waals surface area (Å²) in [7, 11) is 1.57. The number of ketones is 1. The van der Waals surface area contributed by atoms with Crippen LogP contribution in [0, 0.1) is 0 Å². The van der Waals surface area contributed by atoms with Crippen molar-refractivity contribution in [2.45, 2.75) is 13.3 Å². The number of hydrogen-bond acceptors (Lipinski definition) is 4. The molecule has 0 N–H and O–H groups in total. The highest BCUT2D eigenvalue weighted by Crippen LogP contribution is 2.18. The SMILES string of the molecule is CCOC(=O)Cc1ccccc1C(=O)c1ccc(OC)cc1. The summed E-state index contributed by atoms with van der Waals surface area (Å²) in [5.41, 5.74) is 1.74. The van der Waals surface area contributed by atoms with Crippen LogP contribution in [0.5, 0.6) is 5.75 Å². The standard InChI is InChI=1S/C18H18O4/c1-3-22-17(19)12-14-6-4-5-7-16(14)18(20)13-8-10-15(21-2)11-9-13/h4-11H,3,12H2,1-2H3. The first-order valence-electron chi connectivity index (χ1n) is 7.08. The molecular weight excluding hydrogens is 280 g/mol. The van der Waals surface area contributed by atoms with Crippen molar-refractivity contribution < 1.29 is 19.1 Å². The van der Waals surface area contributed by atoms with Gasteiger partial charge in [-0.05, 0) is 36.8 Å². The monoisotopic (exact) mass is 298 g/mol. The molecule has 2 rings (SSSR count). The van der Waals surface area contributed by atoms with E-state index >= 15 is 0 Å². The van der Waals surface area contributed by atoms with Gasteiger partial charge in [-0.3, -0.25) is 9.59 Å². The van der Waals surface area contributed by atoms with Crippen LogP contribution in [0.1, 0.15) is 28.4 Å². The van der Waals surface area contributed by atoms with Crippen molar-refractivity contribution in [3.05, 3.63) is 65.2 Å². The summed E-state index contributed by atoms with van der Waals surface area (Å²) in [5, 5.41) is 0. The Kier molecular flexibility index (Phi) is 5.31. The van der Waals surface area contributed by atoms with Gasteiger partial charge < -0.3 is 9.47 Å². The molecule has 0 spiro atoms. The number of benzene rings is 2. The van der Waals surface area contributed by atoms with Crippen LogP contribution in [0.15, 0.2) is 48.5 Å². The van der Waals surface area contributed by atoms with Crippen molar-refractivity contribution in [3.8, 4) is 5.75 Å². The van der Waals surface area contributed by atoms with E-state index in [-0.39, 0.29) is 18.2 Å². The lowest BCUT2D eigenvalue weighted by Gasteiger charge is -2.09. The number of ether oxygens (including phenoxy) is 2. The largest absolute Gasteiger partial charge is 0.497 e. The van der Waals surface area contributed by atoms with Crippen LogP contribution in [-0.2, 0) is 16.0 Å². The number of carbonyl (C=O) groups is 2.